The molecule has 0 radical (unpaired) electrons. The van der Waals surface area contributed by atoms with Gasteiger partial charge < -0.3 is 10.2 Å². The first kappa shape index (κ1) is 19.8. The third kappa shape index (κ3) is 6.11. The molecule has 6 nitrogen and oxygen atoms in total. The quantitative estimate of drug-likeness (QED) is 0.683. The molecule has 9 heteroatoms. The Balaban J connectivity index is 1.73. The van der Waals surface area contributed by atoms with Gasteiger partial charge in [-0.2, -0.15) is 0 Å². The molecule has 1 aromatic rings. The Labute approximate surface area is 156 Å². The fourth-order valence-corrected chi connectivity index (χ4v) is 5.20. The number of piperidine rings is 1. The SMILES string of the molecule is CC(C)N1CCC(NS(=O)(=O)CCNC(=O)c2ccc(Br)s2)CC1. The van der Waals surface area contributed by atoms with Crippen molar-refractivity contribution in [3.05, 3.63) is 20.8 Å². The Kier molecular flexibility index (Phi) is 7.23. The number of carbonyl (C=O) groups is 1. The third-order valence-electron chi connectivity index (χ3n) is 4.06. The van der Waals surface area contributed by atoms with Gasteiger partial charge in [0.05, 0.1) is 14.4 Å². The highest BCUT2D eigenvalue weighted by atomic mass is 79.9. The van der Waals surface area contributed by atoms with E-state index in [1.165, 1.54) is 11.3 Å². The number of nitrogens with one attached hydrogen (secondary N) is 2. The molecule has 2 heterocycles. The maximum Gasteiger partial charge on any atom is 0.261 e. The number of hydrogen-bond acceptors (Lipinski definition) is 5. The highest BCUT2D eigenvalue weighted by molar-refractivity contribution is 9.11. The van der Waals surface area contributed by atoms with E-state index in [0.29, 0.717) is 10.9 Å². The molecule has 2 N–H and O–H groups in total. The first-order chi connectivity index (χ1) is 11.3. The smallest absolute Gasteiger partial charge is 0.261 e. The van der Waals surface area contributed by atoms with Crippen molar-refractivity contribution in [2.45, 2.75) is 38.8 Å². The first-order valence-corrected chi connectivity index (χ1v) is 11.3. The number of halogens is 1. The molecule has 0 aliphatic carbocycles. The summed E-state index contributed by atoms with van der Waals surface area (Å²) < 4.78 is 27.9. The van der Waals surface area contributed by atoms with E-state index in [-0.39, 0.29) is 24.2 Å². The fraction of sp³-hybridized carbons (Fsp3) is 0.667. The minimum atomic E-state index is -3.38. The Hall–Kier alpha value is -0.480. The van der Waals surface area contributed by atoms with Gasteiger partial charge in [0, 0.05) is 18.6 Å². The van der Waals surface area contributed by atoms with E-state index < -0.39 is 10.0 Å². The van der Waals surface area contributed by atoms with E-state index >= 15 is 0 Å². The zero-order valence-electron chi connectivity index (χ0n) is 13.9. The summed E-state index contributed by atoms with van der Waals surface area (Å²) in [5.74, 6) is -0.346. The number of nitrogens with zero attached hydrogens (tertiary/aromatic N) is 1. The lowest BCUT2D eigenvalue weighted by Crippen LogP contribution is -2.47. The summed E-state index contributed by atoms with van der Waals surface area (Å²) in [7, 11) is -3.38. The van der Waals surface area contributed by atoms with Crippen LogP contribution in [-0.4, -0.2) is 56.7 Å². The molecule has 1 amide bonds. The predicted octanol–water partition coefficient (Wildman–Crippen LogP) is 2.03. The standard InChI is InChI=1S/C15H24BrN3O3S2/c1-11(2)19-8-5-12(6-9-19)18-24(21,22)10-7-17-15(20)13-3-4-14(16)23-13/h3-4,11-12,18H,5-10H2,1-2H3,(H,17,20). The Morgan fingerprint density at radius 1 is 1.38 bits per heavy atom. The highest BCUT2D eigenvalue weighted by Gasteiger charge is 2.24. The van der Waals surface area contributed by atoms with Crippen molar-refractivity contribution in [2.24, 2.45) is 0 Å². The lowest BCUT2D eigenvalue weighted by atomic mass is 10.1. The molecule has 136 valence electrons. The van der Waals surface area contributed by atoms with Gasteiger partial charge in [0.2, 0.25) is 10.0 Å². The minimum Gasteiger partial charge on any atom is -0.350 e. The molecule has 1 aromatic heterocycles. The molecular formula is C15H24BrN3O3S2. The normalized spacial score (nSPS) is 17.3. The van der Waals surface area contributed by atoms with Crippen molar-refractivity contribution in [1.29, 1.82) is 0 Å². The monoisotopic (exact) mass is 437 g/mol. The Bertz CT molecular complexity index is 653. The molecule has 2 rings (SSSR count). The molecular weight excluding hydrogens is 414 g/mol. The summed E-state index contributed by atoms with van der Waals surface area (Å²) >= 11 is 4.62. The summed E-state index contributed by atoms with van der Waals surface area (Å²) in [6, 6.07) is 3.99. The van der Waals surface area contributed by atoms with Gasteiger partial charge in [-0.1, -0.05) is 0 Å². The van der Waals surface area contributed by atoms with E-state index in [1.54, 1.807) is 12.1 Å². The predicted molar refractivity (Wildman–Crippen MR) is 101 cm³/mol. The van der Waals surface area contributed by atoms with Crippen LogP contribution in [0.4, 0.5) is 0 Å². The maximum absolute atomic E-state index is 12.2. The molecule has 0 aromatic carbocycles. The Morgan fingerprint density at radius 2 is 2.04 bits per heavy atom. The van der Waals surface area contributed by atoms with E-state index in [1.807, 2.05) is 0 Å². The molecule has 0 unspecified atom stereocenters. The number of sulfonamides is 1. The van der Waals surface area contributed by atoms with Crippen molar-refractivity contribution in [2.75, 3.05) is 25.4 Å². The maximum atomic E-state index is 12.2. The number of thiophene rings is 1. The number of hydrogen-bond donors (Lipinski definition) is 2. The Morgan fingerprint density at radius 3 is 2.58 bits per heavy atom. The third-order valence-corrected chi connectivity index (χ3v) is 7.12. The van der Waals surface area contributed by atoms with Crippen LogP contribution in [0.2, 0.25) is 0 Å². The molecule has 1 aliphatic rings. The van der Waals surface area contributed by atoms with Crippen molar-refractivity contribution >= 4 is 43.2 Å². The second-order valence-corrected chi connectivity index (χ2v) is 10.5. The molecule has 0 spiro atoms. The number of amides is 1. The second kappa shape index (κ2) is 8.75. The van der Waals surface area contributed by atoms with Crippen molar-refractivity contribution in [3.8, 4) is 0 Å². The van der Waals surface area contributed by atoms with Crippen LogP contribution in [0.1, 0.15) is 36.4 Å². The molecule has 1 saturated heterocycles. The summed E-state index contributed by atoms with van der Waals surface area (Å²) in [6.07, 6.45) is 1.65. The fourth-order valence-electron chi connectivity index (χ4n) is 2.67. The molecule has 0 saturated carbocycles. The van der Waals surface area contributed by atoms with Gasteiger partial charge in [0.25, 0.3) is 5.91 Å². The molecule has 0 bridgehead atoms. The average molecular weight is 438 g/mol. The van der Waals surface area contributed by atoms with Crippen molar-refractivity contribution in [1.82, 2.24) is 14.9 Å². The summed E-state index contributed by atoms with van der Waals surface area (Å²) in [5.41, 5.74) is 0. The lowest BCUT2D eigenvalue weighted by molar-refractivity contribution is 0.0960. The summed E-state index contributed by atoms with van der Waals surface area (Å²) in [4.78, 5) is 14.8. The zero-order chi connectivity index (χ0) is 17.7. The molecule has 1 aliphatic heterocycles. The minimum absolute atomic E-state index is 0.00560. The topological polar surface area (TPSA) is 78.5 Å². The van der Waals surface area contributed by atoms with Gasteiger partial charge in [-0.15, -0.1) is 11.3 Å². The zero-order valence-corrected chi connectivity index (χ0v) is 17.1. The van der Waals surface area contributed by atoms with E-state index in [4.69, 9.17) is 0 Å². The first-order valence-electron chi connectivity index (χ1n) is 8.04. The largest absolute Gasteiger partial charge is 0.350 e. The van der Waals surface area contributed by atoms with Crippen LogP contribution in [0.3, 0.4) is 0 Å². The van der Waals surface area contributed by atoms with E-state index in [0.717, 1.165) is 29.7 Å². The second-order valence-electron chi connectivity index (χ2n) is 6.20. The van der Waals surface area contributed by atoms with Crippen molar-refractivity contribution < 1.29 is 13.2 Å². The van der Waals surface area contributed by atoms with Gasteiger partial charge in [-0.25, -0.2) is 13.1 Å². The van der Waals surface area contributed by atoms with Crippen molar-refractivity contribution in [3.63, 3.8) is 0 Å². The number of likely N-dealkylation sites (tertiary alicyclic amines) is 1. The lowest BCUT2D eigenvalue weighted by Gasteiger charge is -2.34. The molecule has 0 atom stereocenters. The summed E-state index contributed by atoms with van der Waals surface area (Å²) in [5, 5.41) is 2.65. The average Bonchev–Trinajstić information content (AvgIpc) is 2.93. The van der Waals surface area contributed by atoms with Crippen LogP contribution in [0.25, 0.3) is 0 Å². The van der Waals surface area contributed by atoms with Gasteiger partial charge >= 0.3 is 0 Å². The number of rotatable bonds is 7. The van der Waals surface area contributed by atoms with Crippen LogP contribution in [-0.2, 0) is 10.0 Å². The van der Waals surface area contributed by atoms with Gasteiger partial charge in [-0.3, -0.25) is 4.79 Å². The van der Waals surface area contributed by atoms with Crippen LogP contribution < -0.4 is 10.0 Å². The van der Waals surface area contributed by atoms with Gasteiger partial charge in [-0.05, 0) is 67.8 Å². The van der Waals surface area contributed by atoms with Gasteiger partial charge in [0.1, 0.15) is 0 Å². The van der Waals surface area contributed by atoms with E-state index in [9.17, 15) is 13.2 Å². The molecule has 1 fully saturated rings. The van der Waals surface area contributed by atoms with Crippen LogP contribution in [0, 0.1) is 0 Å². The highest BCUT2D eigenvalue weighted by Crippen LogP contribution is 2.21. The number of carbonyl (C=O) groups excluding carboxylic acids is 1. The van der Waals surface area contributed by atoms with E-state index in [2.05, 4.69) is 44.7 Å². The van der Waals surface area contributed by atoms with Crippen LogP contribution in [0.15, 0.2) is 15.9 Å². The van der Waals surface area contributed by atoms with Crippen LogP contribution >= 0.6 is 27.3 Å². The van der Waals surface area contributed by atoms with Gasteiger partial charge in [0.15, 0.2) is 0 Å². The summed E-state index contributed by atoms with van der Waals surface area (Å²) in [6.45, 7) is 6.23. The molecule has 24 heavy (non-hydrogen) atoms. The van der Waals surface area contributed by atoms with Crippen LogP contribution in [0.5, 0.6) is 0 Å².